The van der Waals surface area contributed by atoms with E-state index in [0.29, 0.717) is 11.8 Å². The van der Waals surface area contributed by atoms with Crippen LogP contribution >= 0.6 is 0 Å². The Labute approximate surface area is 310 Å². The van der Waals surface area contributed by atoms with Crippen LogP contribution in [0.4, 0.5) is 0 Å². The van der Waals surface area contributed by atoms with Gasteiger partial charge in [-0.3, -0.25) is 4.99 Å². The van der Waals surface area contributed by atoms with Crippen molar-refractivity contribution >= 4 is 33.0 Å². The molecule has 53 heavy (non-hydrogen) atoms. The van der Waals surface area contributed by atoms with Gasteiger partial charge in [0.1, 0.15) is 11.5 Å². The van der Waals surface area contributed by atoms with Gasteiger partial charge in [-0.05, 0) is 62.9 Å². The van der Waals surface area contributed by atoms with Crippen LogP contribution in [0.15, 0.2) is 180 Å². The number of benzene rings is 7. The molecule has 2 heteroatoms. The summed E-state index contributed by atoms with van der Waals surface area (Å²) in [7, 11) is 0. The van der Waals surface area contributed by atoms with Crippen LogP contribution in [0.5, 0.6) is 11.5 Å². The summed E-state index contributed by atoms with van der Waals surface area (Å²) in [5, 5.41) is 4.60. The SMILES string of the molecule is CC1CC/C(c2ccccc2)=N\C(c2cccc3c2-c2ccccc2C32c3ccc4ccccc4c3Oc3c2ccc2ccccc32)=C2\C=CC=CC21. The molecule has 2 atom stereocenters. The fourth-order valence-corrected chi connectivity index (χ4v) is 9.79. The van der Waals surface area contributed by atoms with Crippen LogP contribution in [-0.4, -0.2) is 5.71 Å². The maximum atomic E-state index is 7.20. The van der Waals surface area contributed by atoms with Gasteiger partial charge in [-0.25, -0.2) is 0 Å². The molecule has 2 aliphatic carbocycles. The van der Waals surface area contributed by atoms with Crippen molar-refractivity contribution in [2.75, 3.05) is 0 Å². The fourth-order valence-electron chi connectivity index (χ4n) is 9.79. The van der Waals surface area contributed by atoms with Crippen LogP contribution in [0, 0.1) is 11.8 Å². The van der Waals surface area contributed by atoms with Crippen molar-refractivity contribution in [3.63, 3.8) is 0 Å². The lowest BCUT2D eigenvalue weighted by molar-refractivity contribution is 0.447. The summed E-state index contributed by atoms with van der Waals surface area (Å²) >= 11 is 0. The summed E-state index contributed by atoms with van der Waals surface area (Å²) in [4.78, 5) is 5.74. The number of hydrogen-bond donors (Lipinski definition) is 0. The molecule has 0 amide bonds. The predicted molar refractivity (Wildman–Crippen MR) is 219 cm³/mol. The van der Waals surface area contributed by atoms with E-state index in [0.717, 1.165) is 46.5 Å². The summed E-state index contributed by atoms with van der Waals surface area (Å²) in [6, 6.07) is 53.3. The molecule has 2 nitrogen and oxygen atoms in total. The molecule has 0 saturated heterocycles. The zero-order valence-electron chi connectivity index (χ0n) is 29.6. The third kappa shape index (κ3) is 4.30. The van der Waals surface area contributed by atoms with Crippen molar-refractivity contribution in [1.82, 2.24) is 0 Å². The molecule has 11 rings (SSSR count). The van der Waals surface area contributed by atoms with Gasteiger partial charge in [0.15, 0.2) is 0 Å². The second-order valence-corrected chi connectivity index (χ2v) is 15.0. The Kier molecular flexibility index (Phi) is 6.67. The molecule has 2 heterocycles. The number of fused-ring (bicyclic) bond motifs is 14. The first kappa shape index (κ1) is 30.4. The van der Waals surface area contributed by atoms with Crippen LogP contribution in [0.3, 0.4) is 0 Å². The summed E-state index contributed by atoms with van der Waals surface area (Å²) in [6.07, 6.45) is 11.1. The normalized spacial score (nSPS) is 21.4. The average Bonchev–Trinajstić information content (AvgIpc) is 3.51. The maximum Gasteiger partial charge on any atom is 0.140 e. The Bertz CT molecular complexity index is 2700. The Morgan fingerprint density at radius 1 is 0.585 bits per heavy atom. The van der Waals surface area contributed by atoms with Crippen molar-refractivity contribution < 1.29 is 4.74 Å². The predicted octanol–water partition coefficient (Wildman–Crippen LogP) is 12.8. The standard InChI is InChI=1S/C51H37NO/c1-32-26-31-46(35-16-3-2-4-17-35)52-48(39-21-10-9-18-36(32)39)41-23-13-25-43-47(41)40-22-11-12-24-42(40)51(43)44-29-27-33-14-5-7-19-37(33)49(44)53-50-38-20-8-6-15-34(38)28-30-45(50)51/h2-25,27-30,32,36H,26,31H2,1H3/b48-39-,52-46+. The number of hydrogen-bond acceptors (Lipinski definition) is 2. The van der Waals surface area contributed by atoms with Gasteiger partial charge in [-0.1, -0.05) is 177 Å². The number of ether oxygens (including phenoxy) is 1. The first-order valence-electron chi connectivity index (χ1n) is 18.9. The van der Waals surface area contributed by atoms with Gasteiger partial charge in [0.25, 0.3) is 0 Å². The van der Waals surface area contributed by atoms with E-state index in [1.165, 1.54) is 60.9 Å². The van der Waals surface area contributed by atoms with Gasteiger partial charge in [-0.15, -0.1) is 0 Å². The highest BCUT2D eigenvalue weighted by atomic mass is 16.5. The molecule has 0 bridgehead atoms. The maximum absolute atomic E-state index is 7.20. The Balaban J connectivity index is 1.28. The van der Waals surface area contributed by atoms with E-state index >= 15 is 0 Å². The topological polar surface area (TPSA) is 21.6 Å². The van der Waals surface area contributed by atoms with E-state index in [1.54, 1.807) is 0 Å². The lowest BCUT2D eigenvalue weighted by atomic mass is 9.65. The first-order valence-corrected chi connectivity index (χ1v) is 18.9. The summed E-state index contributed by atoms with van der Waals surface area (Å²) in [5.41, 5.74) is 12.7. The minimum Gasteiger partial charge on any atom is -0.455 e. The smallest absolute Gasteiger partial charge is 0.140 e. The first-order chi connectivity index (χ1) is 26.2. The van der Waals surface area contributed by atoms with Crippen LogP contribution in [-0.2, 0) is 5.41 Å². The zero-order chi connectivity index (χ0) is 35.1. The van der Waals surface area contributed by atoms with Gasteiger partial charge < -0.3 is 4.74 Å². The quantitative estimate of drug-likeness (QED) is 0.178. The summed E-state index contributed by atoms with van der Waals surface area (Å²) in [6.45, 7) is 2.41. The Morgan fingerprint density at radius 3 is 1.98 bits per heavy atom. The van der Waals surface area contributed by atoms with Crippen LogP contribution in [0.2, 0.25) is 0 Å². The average molecular weight is 680 g/mol. The van der Waals surface area contributed by atoms with E-state index in [-0.39, 0.29) is 0 Å². The molecule has 2 unspecified atom stereocenters. The van der Waals surface area contributed by atoms with Crippen LogP contribution in [0.1, 0.15) is 53.1 Å². The second kappa shape index (κ2) is 11.6. The molecule has 2 aliphatic heterocycles. The monoisotopic (exact) mass is 679 g/mol. The van der Waals surface area contributed by atoms with Gasteiger partial charge in [-0.2, -0.15) is 0 Å². The molecular formula is C51H37NO. The molecule has 0 saturated carbocycles. The Morgan fingerprint density at radius 2 is 1.23 bits per heavy atom. The third-order valence-electron chi connectivity index (χ3n) is 12.2. The molecule has 252 valence electrons. The van der Waals surface area contributed by atoms with Gasteiger partial charge in [0.05, 0.1) is 11.1 Å². The van der Waals surface area contributed by atoms with Gasteiger partial charge >= 0.3 is 0 Å². The largest absolute Gasteiger partial charge is 0.455 e. The third-order valence-corrected chi connectivity index (χ3v) is 12.2. The lowest BCUT2D eigenvalue weighted by Crippen LogP contribution is -2.32. The van der Waals surface area contributed by atoms with Crippen LogP contribution < -0.4 is 4.74 Å². The van der Waals surface area contributed by atoms with Crippen molar-refractivity contribution in [3.05, 3.63) is 209 Å². The molecule has 7 aromatic rings. The lowest BCUT2D eigenvalue weighted by Gasteiger charge is -2.40. The van der Waals surface area contributed by atoms with Crippen molar-refractivity contribution in [2.24, 2.45) is 16.8 Å². The molecular weight excluding hydrogens is 643 g/mol. The van der Waals surface area contributed by atoms with E-state index < -0.39 is 5.41 Å². The summed E-state index contributed by atoms with van der Waals surface area (Å²) < 4.78 is 7.20. The number of nitrogens with zero attached hydrogens (tertiary/aromatic N) is 1. The highest BCUT2D eigenvalue weighted by molar-refractivity contribution is 6.06. The van der Waals surface area contributed by atoms with Crippen molar-refractivity contribution in [3.8, 4) is 22.6 Å². The molecule has 7 aromatic carbocycles. The minimum absolute atomic E-state index is 0.291. The molecule has 0 aromatic heterocycles. The van der Waals surface area contributed by atoms with Gasteiger partial charge in [0.2, 0.25) is 0 Å². The van der Waals surface area contributed by atoms with E-state index in [4.69, 9.17) is 9.73 Å². The number of allylic oxidation sites excluding steroid dienone is 5. The fraction of sp³-hybridized carbons (Fsp3) is 0.118. The Hall–Kier alpha value is -6.25. The van der Waals surface area contributed by atoms with E-state index in [2.05, 4.69) is 177 Å². The summed E-state index contributed by atoms with van der Waals surface area (Å²) in [5.74, 6) is 2.64. The molecule has 0 N–H and O–H groups in total. The van der Waals surface area contributed by atoms with Crippen LogP contribution in [0.25, 0.3) is 38.4 Å². The second-order valence-electron chi connectivity index (χ2n) is 15.0. The van der Waals surface area contributed by atoms with E-state index in [1.807, 2.05) is 0 Å². The molecule has 0 radical (unpaired) electrons. The van der Waals surface area contributed by atoms with Gasteiger partial charge in [0, 0.05) is 39.1 Å². The highest BCUT2D eigenvalue weighted by Crippen LogP contribution is 2.65. The highest BCUT2D eigenvalue weighted by Gasteiger charge is 2.52. The molecule has 0 fully saturated rings. The minimum atomic E-state index is -0.604. The van der Waals surface area contributed by atoms with Crippen molar-refractivity contribution in [1.29, 1.82) is 0 Å². The van der Waals surface area contributed by atoms with E-state index in [9.17, 15) is 0 Å². The number of aliphatic imine (C=N–C) groups is 1. The van der Waals surface area contributed by atoms with Crippen molar-refractivity contribution in [2.45, 2.75) is 25.2 Å². The zero-order valence-corrected chi connectivity index (χ0v) is 29.6. The molecule has 1 spiro atoms. The number of rotatable bonds is 2. The molecule has 4 aliphatic rings.